The average Bonchev–Trinajstić information content (AvgIpc) is 3.17. The van der Waals surface area contributed by atoms with Crippen LogP contribution in [0.25, 0.3) is 0 Å². The van der Waals surface area contributed by atoms with Crippen molar-refractivity contribution in [2.24, 2.45) is 5.73 Å². The van der Waals surface area contributed by atoms with Crippen molar-refractivity contribution < 1.29 is 4.79 Å². The lowest BCUT2D eigenvalue weighted by Crippen LogP contribution is -2.36. The second-order valence-corrected chi connectivity index (χ2v) is 6.82. The summed E-state index contributed by atoms with van der Waals surface area (Å²) in [5.74, 6) is 1.76. The number of nitrogens with two attached hydrogens (primary N) is 1. The fourth-order valence-corrected chi connectivity index (χ4v) is 3.64. The van der Waals surface area contributed by atoms with Crippen molar-refractivity contribution in [1.82, 2.24) is 19.5 Å². The summed E-state index contributed by atoms with van der Waals surface area (Å²) in [5, 5.41) is 0. The number of nitrogens with zero attached hydrogens (tertiary/aromatic N) is 5. The van der Waals surface area contributed by atoms with Gasteiger partial charge in [-0.15, -0.1) is 0 Å². The molecule has 7 nitrogen and oxygen atoms in total. The maximum Gasteiger partial charge on any atom is 0.248 e. The molecule has 1 saturated heterocycles. The first kappa shape index (κ1) is 17.2. The molecule has 2 N–H and O–H groups in total. The van der Waals surface area contributed by atoms with Crippen LogP contribution in [0, 0.1) is 0 Å². The number of pyridine rings is 2. The fraction of sp³-hybridized carbons (Fsp3) is 0.300. The molecule has 1 fully saturated rings. The summed E-state index contributed by atoms with van der Waals surface area (Å²) in [6, 6.07) is 7.47. The Kier molecular flexibility index (Phi) is 4.82. The monoisotopic (exact) mass is 362 g/mol. The number of piperidine rings is 1. The molecule has 4 rings (SSSR count). The molecule has 0 saturated carbocycles. The van der Waals surface area contributed by atoms with Gasteiger partial charge in [-0.2, -0.15) is 0 Å². The summed E-state index contributed by atoms with van der Waals surface area (Å²) in [4.78, 5) is 26.8. The molecule has 1 atom stereocenters. The number of anilines is 1. The summed E-state index contributed by atoms with van der Waals surface area (Å²) >= 11 is 0. The molecule has 1 unspecified atom stereocenters. The van der Waals surface area contributed by atoms with Gasteiger partial charge in [0, 0.05) is 62.1 Å². The van der Waals surface area contributed by atoms with Crippen molar-refractivity contribution in [2.45, 2.75) is 25.3 Å². The van der Waals surface area contributed by atoms with Crippen LogP contribution in [0.4, 0.5) is 5.82 Å². The smallest absolute Gasteiger partial charge is 0.248 e. The van der Waals surface area contributed by atoms with Crippen molar-refractivity contribution in [2.75, 3.05) is 18.0 Å². The molecule has 3 aromatic rings. The molecular weight excluding hydrogens is 340 g/mol. The number of imidazole rings is 1. The maximum atomic E-state index is 11.5. The highest BCUT2D eigenvalue weighted by molar-refractivity contribution is 5.93. The number of primary amides is 1. The van der Waals surface area contributed by atoms with Crippen molar-refractivity contribution in [1.29, 1.82) is 0 Å². The summed E-state index contributed by atoms with van der Waals surface area (Å²) < 4.78 is 2.21. The predicted octanol–water partition coefficient (Wildman–Crippen LogP) is 2.20. The van der Waals surface area contributed by atoms with E-state index in [-0.39, 0.29) is 0 Å². The lowest BCUT2D eigenvalue weighted by atomic mass is 9.97. The Morgan fingerprint density at radius 1 is 1.15 bits per heavy atom. The first-order valence-corrected chi connectivity index (χ1v) is 9.11. The van der Waals surface area contributed by atoms with Gasteiger partial charge in [-0.25, -0.2) is 9.97 Å². The van der Waals surface area contributed by atoms with Crippen molar-refractivity contribution in [3.05, 3.63) is 72.2 Å². The Hall–Kier alpha value is -3.22. The van der Waals surface area contributed by atoms with E-state index in [1.807, 2.05) is 36.9 Å². The number of hydrogen-bond donors (Lipinski definition) is 1. The van der Waals surface area contributed by atoms with Crippen molar-refractivity contribution in [3.63, 3.8) is 0 Å². The van der Waals surface area contributed by atoms with E-state index >= 15 is 0 Å². The topological polar surface area (TPSA) is 89.9 Å². The van der Waals surface area contributed by atoms with Gasteiger partial charge in [0.2, 0.25) is 5.91 Å². The lowest BCUT2D eigenvalue weighted by molar-refractivity contribution is 0.1000. The van der Waals surface area contributed by atoms with Crippen LogP contribution in [-0.4, -0.2) is 38.5 Å². The van der Waals surface area contributed by atoms with Crippen molar-refractivity contribution >= 4 is 11.7 Å². The molecule has 138 valence electrons. The molecule has 27 heavy (non-hydrogen) atoms. The number of aromatic nitrogens is 4. The number of rotatable bonds is 5. The van der Waals surface area contributed by atoms with E-state index in [1.54, 1.807) is 18.3 Å². The third kappa shape index (κ3) is 3.81. The SMILES string of the molecule is NC(=O)c1ccnc(N2CCCC(c3nccn3Cc3ccncc3)C2)c1. The van der Waals surface area contributed by atoms with Gasteiger partial charge < -0.3 is 15.2 Å². The third-order valence-electron chi connectivity index (χ3n) is 4.99. The van der Waals surface area contributed by atoms with Crippen LogP contribution >= 0.6 is 0 Å². The van der Waals surface area contributed by atoms with Crippen LogP contribution in [-0.2, 0) is 6.54 Å². The van der Waals surface area contributed by atoms with Crippen LogP contribution in [0.1, 0.15) is 40.5 Å². The molecule has 0 aliphatic carbocycles. The summed E-state index contributed by atoms with van der Waals surface area (Å²) in [5.41, 5.74) is 7.10. The Labute approximate surface area is 157 Å². The van der Waals surface area contributed by atoms with Crippen LogP contribution in [0.5, 0.6) is 0 Å². The minimum absolute atomic E-state index is 0.314. The zero-order valence-corrected chi connectivity index (χ0v) is 15.0. The van der Waals surface area contributed by atoms with Crippen LogP contribution in [0.15, 0.2) is 55.2 Å². The third-order valence-corrected chi connectivity index (χ3v) is 4.99. The molecule has 0 radical (unpaired) electrons. The highest BCUT2D eigenvalue weighted by Gasteiger charge is 2.25. The fourth-order valence-electron chi connectivity index (χ4n) is 3.64. The average molecular weight is 362 g/mol. The zero-order chi connectivity index (χ0) is 18.6. The van der Waals surface area contributed by atoms with Gasteiger partial charge >= 0.3 is 0 Å². The quantitative estimate of drug-likeness (QED) is 0.751. The number of carbonyl (C=O) groups excluding carboxylic acids is 1. The summed E-state index contributed by atoms with van der Waals surface area (Å²) in [7, 11) is 0. The molecular formula is C20H22N6O. The van der Waals surface area contributed by atoms with Gasteiger partial charge in [0.05, 0.1) is 0 Å². The Morgan fingerprint density at radius 2 is 2.00 bits per heavy atom. The van der Waals surface area contributed by atoms with Gasteiger partial charge in [-0.1, -0.05) is 0 Å². The van der Waals surface area contributed by atoms with Crippen LogP contribution < -0.4 is 10.6 Å². The molecule has 4 heterocycles. The Morgan fingerprint density at radius 3 is 2.81 bits per heavy atom. The largest absolute Gasteiger partial charge is 0.366 e. The maximum absolute atomic E-state index is 11.5. The summed E-state index contributed by atoms with van der Waals surface area (Å²) in [6.07, 6.45) is 11.3. The lowest BCUT2D eigenvalue weighted by Gasteiger charge is -2.33. The van der Waals surface area contributed by atoms with E-state index in [9.17, 15) is 4.79 Å². The molecule has 1 aliphatic rings. The highest BCUT2D eigenvalue weighted by Crippen LogP contribution is 2.29. The number of carbonyl (C=O) groups is 1. The van der Waals surface area contributed by atoms with E-state index in [0.717, 1.165) is 44.1 Å². The Balaban J connectivity index is 1.53. The van der Waals surface area contributed by atoms with E-state index in [0.29, 0.717) is 11.5 Å². The van der Waals surface area contributed by atoms with Crippen molar-refractivity contribution in [3.8, 4) is 0 Å². The zero-order valence-electron chi connectivity index (χ0n) is 15.0. The van der Waals surface area contributed by atoms with E-state index in [2.05, 4.69) is 24.4 Å². The van der Waals surface area contributed by atoms with E-state index in [4.69, 9.17) is 5.73 Å². The summed E-state index contributed by atoms with van der Waals surface area (Å²) in [6.45, 7) is 2.52. The number of amides is 1. The molecule has 7 heteroatoms. The molecule has 0 bridgehead atoms. The van der Waals surface area contributed by atoms with Gasteiger partial charge in [0.25, 0.3) is 0 Å². The first-order chi connectivity index (χ1) is 13.2. The van der Waals surface area contributed by atoms with Crippen LogP contribution in [0.3, 0.4) is 0 Å². The van der Waals surface area contributed by atoms with Gasteiger partial charge in [0.1, 0.15) is 11.6 Å². The van der Waals surface area contributed by atoms with Gasteiger partial charge in [0.15, 0.2) is 0 Å². The Bertz CT molecular complexity index is 923. The highest BCUT2D eigenvalue weighted by atomic mass is 16.1. The molecule has 1 aliphatic heterocycles. The van der Waals surface area contributed by atoms with Gasteiger partial charge in [-0.05, 0) is 42.7 Å². The van der Waals surface area contributed by atoms with Crippen LogP contribution in [0.2, 0.25) is 0 Å². The molecule has 3 aromatic heterocycles. The minimum Gasteiger partial charge on any atom is -0.366 e. The molecule has 0 spiro atoms. The second kappa shape index (κ2) is 7.57. The molecule has 0 aromatic carbocycles. The second-order valence-electron chi connectivity index (χ2n) is 6.82. The standard InChI is InChI=1S/C20H22N6O/c21-19(27)16-5-8-23-18(12-16)25-10-1-2-17(14-25)20-24-9-11-26(20)13-15-3-6-22-7-4-15/h3-9,11-12,17H,1-2,10,13-14H2,(H2,21,27). The normalized spacial score (nSPS) is 17.0. The van der Waals surface area contributed by atoms with E-state index in [1.165, 1.54) is 5.56 Å². The predicted molar refractivity (Wildman–Crippen MR) is 103 cm³/mol. The minimum atomic E-state index is -0.430. The number of hydrogen-bond acceptors (Lipinski definition) is 5. The van der Waals surface area contributed by atoms with Gasteiger partial charge in [-0.3, -0.25) is 9.78 Å². The molecule has 1 amide bonds. The van der Waals surface area contributed by atoms with E-state index < -0.39 is 5.91 Å². The first-order valence-electron chi connectivity index (χ1n) is 9.11.